The minimum absolute atomic E-state index is 0.00633. The molecule has 1 aliphatic rings. The van der Waals surface area contributed by atoms with E-state index in [2.05, 4.69) is 0 Å². The first kappa shape index (κ1) is 17.3. The van der Waals surface area contributed by atoms with Crippen LogP contribution in [0, 0.1) is 0 Å². The molecule has 138 valence electrons. The van der Waals surface area contributed by atoms with Crippen molar-refractivity contribution in [3.05, 3.63) is 70.6 Å². The highest BCUT2D eigenvalue weighted by molar-refractivity contribution is 6.06. The molecule has 1 fully saturated rings. The minimum atomic E-state index is -0.133. The standard InChI is InChI=1S/C22H22N2O3/c1-27-17-11-9-16(10-12-17)24-15-20(21(25)23-13-5-2-6-14-23)18-7-3-4-8-19(18)22(24)26/h3-4,7-12,15H,2,5-6,13-14H2,1H3. The SMILES string of the molecule is COc1ccc(-n2cc(C(=O)N3CCCCC3)c3ccccc3c2=O)cc1. The van der Waals surface area contributed by atoms with Crippen LogP contribution >= 0.6 is 0 Å². The zero-order valence-electron chi connectivity index (χ0n) is 15.4. The molecule has 0 bridgehead atoms. The van der Waals surface area contributed by atoms with E-state index in [-0.39, 0.29) is 11.5 Å². The van der Waals surface area contributed by atoms with Crippen LogP contribution in [-0.4, -0.2) is 35.6 Å². The number of benzene rings is 2. The third kappa shape index (κ3) is 3.21. The number of carbonyl (C=O) groups excluding carboxylic acids is 1. The van der Waals surface area contributed by atoms with E-state index in [1.54, 1.807) is 23.9 Å². The number of likely N-dealkylation sites (tertiary alicyclic amines) is 1. The van der Waals surface area contributed by atoms with Crippen molar-refractivity contribution in [3.8, 4) is 11.4 Å². The summed E-state index contributed by atoms with van der Waals surface area (Å²) in [7, 11) is 1.60. The molecule has 1 amide bonds. The fourth-order valence-electron chi connectivity index (χ4n) is 3.66. The van der Waals surface area contributed by atoms with Crippen LogP contribution in [0.1, 0.15) is 29.6 Å². The van der Waals surface area contributed by atoms with E-state index < -0.39 is 0 Å². The van der Waals surface area contributed by atoms with Gasteiger partial charge in [-0.25, -0.2) is 0 Å². The molecule has 0 N–H and O–H groups in total. The quantitative estimate of drug-likeness (QED) is 0.715. The Bertz CT molecular complexity index is 1030. The van der Waals surface area contributed by atoms with Gasteiger partial charge in [0.2, 0.25) is 0 Å². The average molecular weight is 362 g/mol. The Balaban J connectivity index is 1.88. The summed E-state index contributed by atoms with van der Waals surface area (Å²) in [4.78, 5) is 28.1. The van der Waals surface area contributed by atoms with Crippen molar-refractivity contribution in [1.29, 1.82) is 0 Å². The molecule has 0 spiro atoms. The molecule has 2 aromatic carbocycles. The fraction of sp³-hybridized carbons (Fsp3) is 0.273. The Hall–Kier alpha value is -3.08. The molecule has 2 heterocycles. The topological polar surface area (TPSA) is 51.5 Å². The lowest BCUT2D eigenvalue weighted by Gasteiger charge is -2.27. The van der Waals surface area contributed by atoms with Crippen LogP contribution in [0.5, 0.6) is 5.75 Å². The number of carbonyl (C=O) groups is 1. The molecule has 5 nitrogen and oxygen atoms in total. The lowest BCUT2D eigenvalue weighted by atomic mass is 10.0. The summed E-state index contributed by atoms with van der Waals surface area (Å²) in [6, 6.07) is 14.6. The average Bonchev–Trinajstić information content (AvgIpc) is 2.74. The summed E-state index contributed by atoms with van der Waals surface area (Å²) in [5.74, 6) is 0.713. The number of ether oxygens (including phenoxy) is 1. The Morgan fingerprint density at radius 1 is 0.926 bits per heavy atom. The number of nitrogens with zero attached hydrogens (tertiary/aromatic N) is 2. The van der Waals surface area contributed by atoms with Crippen molar-refractivity contribution in [2.45, 2.75) is 19.3 Å². The van der Waals surface area contributed by atoms with Gasteiger partial charge in [0.25, 0.3) is 11.5 Å². The minimum Gasteiger partial charge on any atom is -0.497 e. The molecule has 1 saturated heterocycles. The van der Waals surface area contributed by atoms with Crippen LogP contribution in [0.3, 0.4) is 0 Å². The highest BCUT2D eigenvalue weighted by atomic mass is 16.5. The number of methoxy groups -OCH3 is 1. The van der Waals surface area contributed by atoms with E-state index in [1.807, 2.05) is 47.4 Å². The lowest BCUT2D eigenvalue weighted by Crippen LogP contribution is -2.36. The third-order valence-electron chi connectivity index (χ3n) is 5.15. The van der Waals surface area contributed by atoms with Crippen molar-refractivity contribution in [1.82, 2.24) is 9.47 Å². The van der Waals surface area contributed by atoms with Gasteiger partial charge in [-0.05, 0) is 49.6 Å². The molecule has 0 unspecified atom stereocenters. The van der Waals surface area contributed by atoms with Crippen LogP contribution in [0.25, 0.3) is 16.5 Å². The van der Waals surface area contributed by atoms with Gasteiger partial charge >= 0.3 is 0 Å². The van der Waals surface area contributed by atoms with Crippen molar-refractivity contribution < 1.29 is 9.53 Å². The van der Waals surface area contributed by atoms with E-state index in [4.69, 9.17) is 4.74 Å². The Labute approximate surface area is 157 Å². The lowest BCUT2D eigenvalue weighted by molar-refractivity contribution is 0.0725. The number of pyridine rings is 1. The molecule has 1 aromatic heterocycles. The summed E-state index contributed by atoms with van der Waals surface area (Å²) in [5.41, 5.74) is 1.15. The highest BCUT2D eigenvalue weighted by Crippen LogP contribution is 2.22. The largest absolute Gasteiger partial charge is 0.497 e. The molecular weight excluding hydrogens is 340 g/mol. The molecule has 3 aromatic rings. The van der Waals surface area contributed by atoms with Gasteiger partial charge in [0.15, 0.2) is 0 Å². The van der Waals surface area contributed by atoms with Crippen molar-refractivity contribution in [2.75, 3.05) is 20.2 Å². The number of hydrogen-bond donors (Lipinski definition) is 0. The van der Waals surface area contributed by atoms with Gasteiger partial charge in [0.1, 0.15) is 5.75 Å². The van der Waals surface area contributed by atoms with Crippen LogP contribution in [-0.2, 0) is 0 Å². The van der Waals surface area contributed by atoms with E-state index >= 15 is 0 Å². The smallest absolute Gasteiger partial charge is 0.262 e. The first-order chi connectivity index (χ1) is 13.2. The Morgan fingerprint density at radius 3 is 2.26 bits per heavy atom. The first-order valence-electron chi connectivity index (χ1n) is 9.27. The molecule has 4 rings (SSSR count). The maximum absolute atomic E-state index is 13.2. The molecule has 0 atom stereocenters. The van der Waals surface area contributed by atoms with Crippen LogP contribution in [0.2, 0.25) is 0 Å². The van der Waals surface area contributed by atoms with Crippen LogP contribution in [0.15, 0.2) is 59.5 Å². The predicted octanol–water partition coefficient (Wildman–Crippen LogP) is 3.63. The maximum Gasteiger partial charge on any atom is 0.262 e. The second-order valence-corrected chi connectivity index (χ2v) is 6.81. The number of aromatic nitrogens is 1. The number of amides is 1. The third-order valence-corrected chi connectivity index (χ3v) is 5.15. The zero-order chi connectivity index (χ0) is 18.8. The normalized spacial score (nSPS) is 14.3. The van der Waals surface area contributed by atoms with Crippen molar-refractivity contribution in [3.63, 3.8) is 0 Å². The molecular formula is C22H22N2O3. The molecule has 0 radical (unpaired) electrons. The predicted molar refractivity (Wildman–Crippen MR) is 106 cm³/mol. The zero-order valence-corrected chi connectivity index (χ0v) is 15.4. The summed E-state index contributed by atoms with van der Waals surface area (Å²) < 4.78 is 6.75. The Kier molecular flexibility index (Phi) is 4.67. The van der Waals surface area contributed by atoms with Gasteiger partial charge in [-0.15, -0.1) is 0 Å². The second-order valence-electron chi connectivity index (χ2n) is 6.81. The maximum atomic E-state index is 13.2. The van der Waals surface area contributed by atoms with Gasteiger partial charge in [0, 0.05) is 35.7 Å². The van der Waals surface area contributed by atoms with E-state index in [0.29, 0.717) is 22.0 Å². The van der Waals surface area contributed by atoms with E-state index in [1.165, 1.54) is 0 Å². The molecule has 0 aliphatic carbocycles. The summed E-state index contributed by atoms with van der Waals surface area (Å²) >= 11 is 0. The Morgan fingerprint density at radius 2 is 1.59 bits per heavy atom. The number of fused-ring (bicyclic) bond motifs is 1. The summed E-state index contributed by atoms with van der Waals surface area (Å²) in [5, 5.41) is 1.26. The van der Waals surface area contributed by atoms with E-state index in [9.17, 15) is 9.59 Å². The summed E-state index contributed by atoms with van der Waals surface area (Å²) in [6.45, 7) is 1.55. The van der Waals surface area contributed by atoms with E-state index in [0.717, 1.165) is 38.1 Å². The highest BCUT2D eigenvalue weighted by Gasteiger charge is 2.22. The molecule has 0 saturated carbocycles. The van der Waals surface area contributed by atoms with Gasteiger partial charge in [-0.2, -0.15) is 0 Å². The second kappa shape index (κ2) is 7.27. The van der Waals surface area contributed by atoms with Gasteiger partial charge in [-0.1, -0.05) is 18.2 Å². The van der Waals surface area contributed by atoms with Crippen LogP contribution in [0.4, 0.5) is 0 Å². The van der Waals surface area contributed by atoms with Crippen molar-refractivity contribution in [2.24, 2.45) is 0 Å². The first-order valence-corrected chi connectivity index (χ1v) is 9.27. The molecule has 1 aliphatic heterocycles. The number of rotatable bonds is 3. The number of piperidine rings is 1. The van der Waals surface area contributed by atoms with Crippen molar-refractivity contribution >= 4 is 16.7 Å². The number of hydrogen-bond acceptors (Lipinski definition) is 3. The van der Waals surface area contributed by atoms with Gasteiger partial charge in [0.05, 0.1) is 12.7 Å². The van der Waals surface area contributed by atoms with Gasteiger partial charge < -0.3 is 9.64 Å². The van der Waals surface area contributed by atoms with Gasteiger partial charge in [-0.3, -0.25) is 14.2 Å². The summed E-state index contributed by atoms with van der Waals surface area (Å²) in [6.07, 6.45) is 4.91. The molecule has 5 heteroatoms. The molecule has 27 heavy (non-hydrogen) atoms. The van der Waals surface area contributed by atoms with Crippen LogP contribution < -0.4 is 10.3 Å². The monoisotopic (exact) mass is 362 g/mol. The fourth-order valence-corrected chi connectivity index (χ4v) is 3.66.